The van der Waals surface area contributed by atoms with Crippen molar-refractivity contribution in [2.45, 2.75) is 25.8 Å². The molecule has 1 saturated heterocycles. The van der Waals surface area contributed by atoms with Gasteiger partial charge in [0.1, 0.15) is 17.1 Å². The van der Waals surface area contributed by atoms with Gasteiger partial charge in [-0.1, -0.05) is 6.07 Å². The third-order valence-electron chi connectivity index (χ3n) is 4.88. The van der Waals surface area contributed by atoms with Crippen LogP contribution in [0.3, 0.4) is 0 Å². The third-order valence-corrected chi connectivity index (χ3v) is 4.88. The summed E-state index contributed by atoms with van der Waals surface area (Å²) >= 11 is 0. The van der Waals surface area contributed by atoms with E-state index in [1.807, 2.05) is 12.1 Å². The average molecular weight is 398 g/mol. The summed E-state index contributed by atoms with van der Waals surface area (Å²) in [6.45, 7) is 2.66. The van der Waals surface area contributed by atoms with Crippen molar-refractivity contribution in [2.75, 3.05) is 37.7 Å². The molecule has 0 radical (unpaired) electrons. The Morgan fingerprint density at radius 3 is 2.10 bits per heavy atom. The van der Waals surface area contributed by atoms with Crippen LogP contribution in [0.1, 0.15) is 30.1 Å². The zero-order chi connectivity index (χ0) is 20.8. The molecule has 0 aromatic heterocycles. The highest BCUT2D eigenvalue weighted by atomic mass is 16.5. The first-order valence-electron chi connectivity index (χ1n) is 9.55. The summed E-state index contributed by atoms with van der Waals surface area (Å²) in [7, 11) is 3.07. The van der Waals surface area contributed by atoms with E-state index in [2.05, 4.69) is 5.32 Å². The Bertz CT molecular complexity index is 838. The van der Waals surface area contributed by atoms with Gasteiger partial charge in [-0.25, -0.2) is 0 Å². The van der Waals surface area contributed by atoms with Gasteiger partial charge >= 0.3 is 0 Å². The molecule has 154 valence electrons. The van der Waals surface area contributed by atoms with Gasteiger partial charge in [-0.05, 0) is 49.2 Å². The molecule has 0 aliphatic carbocycles. The van der Waals surface area contributed by atoms with Crippen LogP contribution in [0.25, 0.3) is 0 Å². The van der Waals surface area contributed by atoms with Crippen LogP contribution in [0.4, 0.5) is 11.4 Å². The predicted octanol–water partition coefficient (Wildman–Crippen LogP) is 3.49. The number of hydrogen-bond acceptors (Lipinski definition) is 5. The highest BCUT2D eigenvalue weighted by molar-refractivity contribution is 6.10. The quantitative estimate of drug-likeness (QED) is 0.806. The molecule has 29 heavy (non-hydrogen) atoms. The molecule has 1 aliphatic heterocycles. The number of nitrogens with zero attached hydrogens (tertiary/aromatic N) is 1. The van der Waals surface area contributed by atoms with Crippen LogP contribution in [-0.4, -0.2) is 45.3 Å². The van der Waals surface area contributed by atoms with Gasteiger partial charge in [0.05, 0.1) is 14.2 Å². The van der Waals surface area contributed by atoms with Crippen molar-refractivity contribution in [3.05, 3.63) is 48.0 Å². The maximum atomic E-state index is 13.7. The summed E-state index contributed by atoms with van der Waals surface area (Å²) in [5.41, 5.74) is 1.80. The van der Waals surface area contributed by atoms with Gasteiger partial charge in [-0.2, -0.15) is 0 Å². The standard InChI is InChI=1S/C22H26N2O5/c1-15(25)23-16-7-9-17(10-8-16)24(18-11-13-29-14-12-18)22(26)21-19(27-2)5-4-6-20(21)28-3/h4-10,18H,11-14H2,1-3H3,(H,23,25). The number of methoxy groups -OCH3 is 2. The van der Waals surface area contributed by atoms with Crippen LogP contribution in [0.2, 0.25) is 0 Å². The van der Waals surface area contributed by atoms with Gasteiger partial charge in [-0.3, -0.25) is 9.59 Å². The van der Waals surface area contributed by atoms with E-state index in [0.29, 0.717) is 36.0 Å². The number of nitrogens with one attached hydrogen (secondary N) is 1. The van der Waals surface area contributed by atoms with E-state index in [1.165, 1.54) is 21.1 Å². The molecule has 1 heterocycles. The van der Waals surface area contributed by atoms with Gasteiger partial charge < -0.3 is 24.4 Å². The molecule has 0 bridgehead atoms. The number of amides is 2. The van der Waals surface area contributed by atoms with Crippen LogP contribution in [0, 0.1) is 0 Å². The summed E-state index contributed by atoms with van der Waals surface area (Å²) in [6.07, 6.45) is 1.47. The molecule has 2 aromatic rings. The lowest BCUT2D eigenvalue weighted by Gasteiger charge is -2.35. The molecule has 7 nitrogen and oxygen atoms in total. The number of benzene rings is 2. The average Bonchev–Trinajstić information content (AvgIpc) is 2.74. The Morgan fingerprint density at radius 1 is 1.00 bits per heavy atom. The number of rotatable bonds is 6. The van der Waals surface area contributed by atoms with Crippen molar-refractivity contribution < 1.29 is 23.8 Å². The van der Waals surface area contributed by atoms with Gasteiger partial charge in [0.15, 0.2) is 0 Å². The molecule has 0 atom stereocenters. The molecular weight excluding hydrogens is 372 g/mol. The number of carbonyl (C=O) groups excluding carboxylic acids is 2. The van der Waals surface area contributed by atoms with E-state index in [0.717, 1.165) is 18.5 Å². The fourth-order valence-corrected chi connectivity index (χ4v) is 3.53. The van der Waals surface area contributed by atoms with E-state index in [4.69, 9.17) is 14.2 Å². The van der Waals surface area contributed by atoms with Crippen LogP contribution in [0.15, 0.2) is 42.5 Å². The SMILES string of the molecule is COc1cccc(OC)c1C(=O)N(c1ccc(NC(C)=O)cc1)C1CCOCC1. The van der Waals surface area contributed by atoms with Gasteiger partial charge in [0, 0.05) is 37.6 Å². The fraction of sp³-hybridized carbons (Fsp3) is 0.364. The summed E-state index contributed by atoms with van der Waals surface area (Å²) < 4.78 is 16.4. The minimum atomic E-state index is -0.196. The van der Waals surface area contributed by atoms with Crippen molar-refractivity contribution in [1.29, 1.82) is 0 Å². The molecular formula is C22H26N2O5. The maximum Gasteiger partial charge on any atom is 0.266 e. The lowest BCUT2D eigenvalue weighted by Crippen LogP contribution is -2.44. The fourth-order valence-electron chi connectivity index (χ4n) is 3.53. The second kappa shape index (κ2) is 9.43. The van der Waals surface area contributed by atoms with Gasteiger partial charge in [0.25, 0.3) is 5.91 Å². The lowest BCUT2D eigenvalue weighted by molar-refractivity contribution is -0.114. The van der Waals surface area contributed by atoms with Crippen molar-refractivity contribution in [2.24, 2.45) is 0 Å². The number of hydrogen-bond donors (Lipinski definition) is 1. The molecule has 0 spiro atoms. The monoisotopic (exact) mass is 398 g/mol. The molecule has 0 unspecified atom stereocenters. The van der Waals surface area contributed by atoms with Crippen molar-refractivity contribution in [3.63, 3.8) is 0 Å². The zero-order valence-corrected chi connectivity index (χ0v) is 16.9. The van der Waals surface area contributed by atoms with Crippen molar-refractivity contribution >= 4 is 23.2 Å². The summed E-state index contributed by atoms with van der Waals surface area (Å²) in [4.78, 5) is 26.8. The Morgan fingerprint density at radius 2 is 1.59 bits per heavy atom. The largest absolute Gasteiger partial charge is 0.496 e. The van der Waals surface area contributed by atoms with E-state index in [1.54, 1.807) is 35.2 Å². The van der Waals surface area contributed by atoms with E-state index < -0.39 is 0 Å². The highest BCUT2D eigenvalue weighted by Gasteiger charge is 2.31. The molecule has 0 saturated carbocycles. The normalized spacial score (nSPS) is 14.2. The zero-order valence-electron chi connectivity index (χ0n) is 16.9. The van der Waals surface area contributed by atoms with Gasteiger partial charge in [0.2, 0.25) is 5.91 Å². The van der Waals surface area contributed by atoms with E-state index in [-0.39, 0.29) is 17.9 Å². The minimum Gasteiger partial charge on any atom is -0.496 e. The molecule has 1 aliphatic rings. The topological polar surface area (TPSA) is 77.1 Å². The first-order valence-corrected chi connectivity index (χ1v) is 9.55. The Hall–Kier alpha value is -3.06. The van der Waals surface area contributed by atoms with Crippen LogP contribution >= 0.6 is 0 Å². The minimum absolute atomic E-state index is 0.0162. The molecule has 1 N–H and O–H groups in total. The van der Waals surface area contributed by atoms with Crippen LogP contribution in [0.5, 0.6) is 11.5 Å². The Labute approximate surface area is 170 Å². The Kier molecular flexibility index (Phi) is 6.72. The van der Waals surface area contributed by atoms with Gasteiger partial charge in [-0.15, -0.1) is 0 Å². The van der Waals surface area contributed by atoms with E-state index >= 15 is 0 Å². The predicted molar refractivity (Wildman–Crippen MR) is 111 cm³/mol. The Balaban J connectivity index is 2.02. The smallest absolute Gasteiger partial charge is 0.266 e. The highest BCUT2D eigenvalue weighted by Crippen LogP contribution is 2.34. The van der Waals surface area contributed by atoms with Crippen molar-refractivity contribution in [3.8, 4) is 11.5 Å². The first-order chi connectivity index (χ1) is 14.0. The van der Waals surface area contributed by atoms with E-state index in [9.17, 15) is 9.59 Å². The number of carbonyl (C=O) groups is 2. The lowest BCUT2D eigenvalue weighted by atomic mass is 10.0. The van der Waals surface area contributed by atoms with Crippen LogP contribution in [-0.2, 0) is 9.53 Å². The number of ether oxygens (including phenoxy) is 3. The van der Waals surface area contributed by atoms with Crippen molar-refractivity contribution in [1.82, 2.24) is 0 Å². The first kappa shape index (κ1) is 20.7. The molecule has 1 fully saturated rings. The van der Waals surface area contributed by atoms with Crippen LogP contribution < -0.4 is 19.7 Å². The summed E-state index contributed by atoms with van der Waals surface area (Å²) in [5.74, 6) is 0.579. The number of anilines is 2. The second-order valence-corrected chi connectivity index (χ2v) is 6.78. The summed E-state index contributed by atoms with van der Waals surface area (Å²) in [5, 5.41) is 2.75. The second-order valence-electron chi connectivity index (χ2n) is 6.78. The molecule has 3 rings (SSSR count). The third kappa shape index (κ3) is 4.68. The maximum absolute atomic E-state index is 13.7. The molecule has 2 aromatic carbocycles. The summed E-state index contributed by atoms with van der Waals surface area (Å²) in [6, 6.07) is 12.5. The molecule has 7 heteroatoms. The molecule has 2 amide bonds.